The van der Waals surface area contributed by atoms with E-state index >= 15 is 0 Å². The predicted molar refractivity (Wildman–Crippen MR) is 107 cm³/mol. The van der Waals surface area contributed by atoms with Crippen LogP contribution in [0.2, 0.25) is 0 Å². The quantitative estimate of drug-likeness (QED) is 0.815. The van der Waals surface area contributed by atoms with Gasteiger partial charge in [-0.3, -0.25) is 14.9 Å². The molecule has 3 heterocycles. The molecule has 9 heteroatoms. The number of nitrogens with zero attached hydrogens (tertiary/aromatic N) is 4. The van der Waals surface area contributed by atoms with E-state index in [0.717, 1.165) is 18.9 Å². The maximum absolute atomic E-state index is 13.8. The molecule has 2 amide bonds. The molecule has 0 radical (unpaired) electrons. The van der Waals surface area contributed by atoms with Gasteiger partial charge in [0.2, 0.25) is 17.8 Å². The predicted octanol–water partition coefficient (Wildman–Crippen LogP) is 1.23. The Labute approximate surface area is 167 Å². The van der Waals surface area contributed by atoms with Crippen molar-refractivity contribution in [2.45, 2.75) is 12.5 Å². The first-order chi connectivity index (χ1) is 14.1. The third-order valence-electron chi connectivity index (χ3n) is 4.89. The highest BCUT2D eigenvalue weighted by Gasteiger charge is 2.31. The first-order valence-corrected chi connectivity index (χ1v) is 9.44. The molecule has 150 valence electrons. The summed E-state index contributed by atoms with van der Waals surface area (Å²) in [4.78, 5) is 37.6. The van der Waals surface area contributed by atoms with E-state index < -0.39 is 17.8 Å². The van der Waals surface area contributed by atoms with E-state index in [1.54, 1.807) is 18.3 Å². The van der Waals surface area contributed by atoms with Crippen molar-refractivity contribution in [1.82, 2.24) is 15.2 Å². The largest absolute Gasteiger partial charge is 0.353 e. The first kappa shape index (κ1) is 18.9. The van der Waals surface area contributed by atoms with Crippen LogP contribution in [0.1, 0.15) is 6.42 Å². The minimum absolute atomic E-state index is 0.0717. The number of carbonyl (C=O) groups excluding carboxylic acids is 2. The van der Waals surface area contributed by atoms with Crippen LogP contribution in [0.4, 0.5) is 15.9 Å². The van der Waals surface area contributed by atoms with Crippen LogP contribution in [0.15, 0.2) is 53.7 Å². The molecule has 1 saturated heterocycles. The number of rotatable bonds is 3. The van der Waals surface area contributed by atoms with Crippen molar-refractivity contribution in [3.8, 4) is 0 Å². The lowest BCUT2D eigenvalue weighted by molar-refractivity contribution is -0.125. The summed E-state index contributed by atoms with van der Waals surface area (Å²) in [6.45, 7) is 2.71. The highest BCUT2D eigenvalue weighted by molar-refractivity contribution is 6.06. The zero-order valence-electron chi connectivity index (χ0n) is 15.7. The normalized spacial score (nSPS) is 19.4. The van der Waals surface area contributed by atoms with Crippen molar-refractivity contribution >= 4 is 29.3 Å². The molecule has 0 aliphatic carbocycles. The second kappa shape index (κ2) is 8.26. The number of piperazine rings is 1. The first-order valence-electron chi connectivity index (χ1n) is 9.44. The molecule has 2 N–H and O–H groups in total. The number of aromatic nitrogens is 1. The van der Waals surface area contributed by atoms with Gasteiger partial charge in [-0.25, -0.2) is 14.4 Å². The SMILES string of the molecule is O=C1CC(C(=O)Nc2ccccc2F)N=C(N2CCN(c3ccccn3)CC2)N1. The molecule has 1 fully saturated rings. The maximum atomic E-state index is 13.8. The molecule has 0 saturated carbocycles. The number of benzene rings is 1. The van der Waals surface area contributed by atoms with Crippen molar-refractivity contribution in [2.24, 2.45) is 4.99 Å². The monoisotopic (exact) mass is 396 g/mol. The Balaban J connectivity index is 1.42. The van der Waals surface area contributed by atoms with Gasteiger partial charge in [0, 0.05) is 32.4 Å². The third-order valence-corrected chi connectivity index (χ3v) is 4.89. The number of carbonyl (C=O) groups is 2. The molecule has 8 nitrogen and oxygen atoms in total. The topological polar surface area (TPSA) is 89.9 Å². The number of amides is 2. The molecule has 0 bridgehead atoms. The number of aliphatic imine (C=N–C) groups is 1. The minimum atomic E-state index is -0.896. The van der Waals surface area contributed by atoms with Crippen molar-refractivity contribution in [3.63, 3.8) is 0 Å². The van der Waals surface area contributed by atoms with Gasteiger partial charge in [-0.1, -0.05) is 18.2 Å². The molecule has 4 rings (SSSR count). The molecule has 2 aromatic rings. The number of hydrogen-bond acceptors (Lipinski definition) is 6. The molecule has 2 aliphatic rings. The van der Waals surface area contributed by atoms with Crippen molar-refractivity contribution in [2.75, 3.05) is 36.4 Å². The lowest BCUT2D eigenvalue weighted by atomic mass is 10.1. The van der Waals surface area contributed by atoms with Crippen molar-refractivity contribution in [3.05, 3.63) is 54.5 Å². The van der Waals surface area contributed by atoms with E-state index in [0.29, 0.717) is 19.0 Å². The Morgan fingerprint density at radius 1 is 1.07 bits per heavy atom. The van der Waals surface area contributed by atoms with Crippen LogP contribution in [0.3, 0.4) is 0 Å². The number of nitrogens with one attached hydrogen (secondary N) is 2. The lowest BCUT2D eigenvalue weighted by Crippen LogP contribution is -2.56. The van der Waals surface area contributed by atoms with E-state index in [9.17, 15) is 14.0 Å². The number of pyridine rings is 1. The highest BCUT2D eigenvalue weighted by atomic mass is 19.1. The second-order valence-electron chi connectivity index (χ2n) is 6.85. The van der Waals surface area contributed by atoms with E-state index in [2.05, 4.69) is 25.5 Å². The van der Waals surface area contributed by atoms with Crippen LogP contribution in [0.5, 0.6) is 0 Å². The fourth-order valence-corrected chi connectivity index (χ4v) is 3.36. The average Bonchev–Trinajstić information content (AvgIpc) is 2.75. The standard InChI is InChI=1S/C20H21FN6O2/c21-14-5-1-2-6-15(14)23-19(29)16-13-18(28)25-20(24-16)27-11-9-26(10-12-27)17-7-3-4-8-22-17/h1-8,16H,9-13H2,(H,23,29)(H,24,25,28). The Kier molecular flexibility index (Phi) is 5.37. The van der Waals surface area contributed by atoms with E-state index in [-0.39, 0.29) is 18.0 Å². The minimum Gasteiger partial charge on any atom is -0.353 e. The molecule has 2 aliphatic heterocycles. The summed E-state index contributed by atoms with van der Waals surface area (Å²) in [6.07, 6.45) is 1.68. The highest BCUT2D eigenvalue weighted by Crippen LogP contribution is 2.17. The van der Waals surface area contributed by atoms with Gasteiger partial charge in [-0.2, -0.15) is 0 Å². The Morgan fingerprint density at radius 3 is 2.52 bits per heavy atom. The van der Waals surface area contributed by atoms with Gasteiger partial charge in [0.15, 0.2) is 0 Å². The third kappa shape index (κ3) is 4.34. The summed E-state index contributed by atoms with van der Waals surface area (Å²) < 4.78 is 13.8. The zero-order chi connectivity index (χ0) is 20.2. The lowest BCUT2D eigenvalue weighted by Gasteiger charge is -2.38. The fourth-order valence-electron chi connectivity index (χ4n) is 3.36. The number of para-hydroxylation sites is 1. The summed E-state index contributed by atoms with van der Waals surface area (Å²) >= 11 is 0. The summed E-state index contributed by atoms with van der Waals surface area (Å²) in [7, 11) is 0. The van der Waals surface area contributed by atoms with E-state index in [4.69, 9.17) is 0 Å². The number of halogens is 1. The smallest absolute Gasteiger partial charge is 0.249 e. The fraction of sp³-hybridized carbons (Fsp3) is 0.300. The second-order valence-corrected chi connectivity index (χ2v) is 6.85. The van der Waals surface area contributed by atoms with Gasteiger partial charge >= 0.3 is 0 Å². The molecule has 0 spiro atoms. The van der Waals surface area contributed by atoms with Crippen LogP contribution < -0.4 is 15.5 Å². The number of guanidine groups is 1. The van der Waals surface area contributed by atoms with Crippen molar-refractivity contribution in [1.29, 1.82) is 0 Å². The Hall–Kier alpha value is -3.49. The Morgan fingerprint density at radius 2 is 1.79 bits per heavy atom. The van der Waals surface area contributed by atoms with Gasteiger partial charge in [-0.15, -0.1) is 0 Å². The van der Waals surface area contributed by atoms with E-state index in [1.165, 1.54) is 12.1 Å². The molecular formula is C20H21FN6O2. The van der Waals surface area contributed by atoms with Crippen molar-refractivity contribution < 1.29 is 14.0 Å². The van der Waals surface area contributed by atoms with Gasteiger partial charge in [-0.05, 0) is 24.3 Å². The van der Waals surface area contributed by atoms with Crippen LogP contribution >= 0.6 is 0 Å². The van der Waals surface area contributed by atoms with Gasteiger partial charge in [0.1, 0.15) is 17.7 Å². The number of hydrogen-bond donors (Lipinski definition) is 2. The van der Waals surface area contributed by atoms with Crippen LogP contribution in [-0.2, 0) is 9.59 Å². The van der Waals surface area contributed by atoms with Crippen LogP contribution in [0, 0.1) is 5.82 Å². The summed E-state index contributed by atoms with van der Waals surface area (Å²) in [5.41, 5.74) is 0.0733. The van der Waals surface area contributed by atoms with Gasteiger partial charge < -0.3 is 15.1 Å². The van der Waals surface area contributed by atoms with E-state index in [1.807, 2.05) is 23.1 Å². The maximum Gasteiger partial charge on any atom is 0.249 e. The van der Waals surface area contributed by atoms with Gasteiger partial charge in [0.05, 0.1) is 12.1 Å². The Bertz CT molecular complexity index is 928. The van der Waals surface area contributed by atoms with Crippen LogP contribution in [0.25, 0.3) is 0 Å². The van der Waals surface area contributed by atoms with Crippen LogP contribution in [-0.4, -0.2) is 59.9 Å². The molecule has 1 atom stereocenters. The number of anilines is 2. The average molecular weight is 396 g/mol. The molecule has 1 aromatic heterocycles. The molecule has 29 heavy (non-hydrogen) atoms. The summed E-state index contributed by atoms with van der Waals surface area (Å²) in [6, 6.07) is 10.8. The summed E-state index contributed by atoms with van der Waals surface area (Å²) in [5, 5.41) is 5.27. The summed E-state index contributed by atoms with van der Waals surface area (Å²) in [5.74, 6) is -0.0270. The zero-order valence-corrected chi connectivity index (χ0v) is 15.7. The van der Waals surface area contributed by atoms with Gasteiger partial charge in [0.25, 0.3) is 0 Å². The molecule has 1 unspecified atom stereocenters. The molecular weight excluding hydrogens is 375 g/mol. The molecule has 1 aromatic carbocycles.